The maximum Gasteiger partial charge on any atom is 0.410 e. The minimum absolute atomic E-state index is 0.0518. The second-order valence-electron chi connectivity index (χ2n) is 12.2. The van der Waals surface area contributed by atoms with Crippen LogP contribution < -0.4 is 4.74 Å². The van der Waals surface area contributed by atoms with Crippen LogP contribution in [-0.2, 0) is 33.9 Å². The first-order chi connectivity index (χ1) is 19.1. The Morgan fingerprint density at radius 2 is 1.65 bits per heavy atom. The summed E-state index contributed by atoms with van der Waals surface area (Å²) in [5.74, 6) is 0.780. The third kappa shape index (κ3) is 6.37. The van der Waals surface area contributed by atoms with E-state index in [1.165, 1.54) is 5.56 Å². The third-order valence-electron chi connectivity index (χ3n) is 7.98. The zero-order chi connectivity index (χ0) is 28.4. The monoisotopic (exact) mass is 546 g/mol. The van der Waals surface area contributed by atoms with Crippen molar-refractivity contribution in [2.24, 2.45) is 5.92 Å². The Hall–Kier alpha value is -3.68. The zero-order valence-electron chi connectivity index (χ0n) is 23.6. The second-order valence-corrected chi connectivity index (χ2v) is 12.2. The van der Waals surface area contributed by atoms with Gasteiger partial charge in [-0.1, -0.05) is 30.3 Å². The quantitative estimate of drug-likeness (QED) is 0.468. The number of amides is 2. The Morgan fingerprint density at radius 3 is 2.33 bits per heavy atom. The van der Waals surface area contributed by atoms with Crippen LogP contribution in [0, 0.1) is 5.92 Å². The van der Waals surface area contributed by atoms with E-state index in [0.717, 1.165) is 43.5 Å². The van der Waals surface area contributed by atoms with Gasteiger partial charge in [0, 0.05) is 30.6 Å². The number of piperidine rings is 1. The van der Waals surface area contributed by atoms with Crippen molar-refractivity contribution in [3.8, 4) is 5.75 Å². The van der Waals surface area contributed by atoms with E-state index < -0.39 is 11.6 Å². The van der Waals surface area contributed by atoms with Crippen molar-refractivity contribution in [3.05, 3.63) is 64.7 Å². The van der Waals surface area contributed by atoms with Gasteiger partial charge in [0.2, 0.25) is 0 Å². The van der Waals surface area contributed by atoms with Crippen LogP contribution in [0.5, 0.6) is 5.75 Å². The van der Waals surface area contributed by atoms with Crippen molar-refractivity contribution in [3.63, 3.8) is 0 Å². The molecule has 0 spiro atoms. The lowest BCUT2D eigenvalue weighted by Gasteiger charge is -2.33. The number of ether oxygens (including phenoxy) is 2. The molecule has 2 heterocycles. The van der Waals surface area contributed by atoms with Gasteiger partial charge in [0.15, 0.2) is 5.78 Å². The van der Waals surface area contributed by atoms with Crippen molar-refractivity contribution in [1.29, 1.82) is 0 Å². The van der Waals surface area contributed by atoms with Crippen LogP contribution in [0.15, 0.2) is 42.5 Å². The number of rotatable bonds is 6. The minimum Gasteiger partial charge on any atom is -0.489 e. The van der Waals surface area contributed by atoms with Gasteiger partial charge < -0.3 is 19.3 Å². The third-order valence-corrected chi connectivity index (χ3v) is 7.98. The molecule has 8 nitrogen and oxygen atoms in total. The van der Waals surface area contributed by atoms with Gasteiger partial charge in [-0.2, -0.15) is 0 Å². The fourth-order valence-electron chi connectivity index (χ4n) is 5.81. The standard InChI is InChI=1S/C32H38N2O6/c1-32(2,3)40-31(38)33-15-13-22(14-16-33)17-21-7-9-23(10-8-21)20-39-29-6-4-5-25-26(29)19-34(30(25)37)27-12-11-24(35)18-28(27)36/h4-10,22,27H,11-20H2,1-3H3. The first kappa shape index (κ1) is 27.9. The molecule has 0 aromatic heterocycles. The Kier molecular flexibility index (Phi) is 7.97. The molecule has 8 heteroatoms. The highest BCUT2D eigenvalue weighted by atomic mass is 16.6. The molecule has 212 valence electrons. The largest absolute Gasteiger partial charge is 0.489 e. The number of Topliss-reactive ketones (excluding diaryl/α,β-unsaturated/α-hetero) is 2. The van der Waals surface area contributed by atoms with Crippen molar-refractivity contribution in [2.75, 3.05) is 13.1 Å². The molecule has 2 amide bonds. The number of carbonyl (C=O) groups excluding carboxylic acids is 4. The predicted octanol–water partition coefficient (Wildman–Crippen LogP) is 5.10. The molecule has 1 atom stereocenters. The molecular weight excluding hydrogens is 508 g/mol. The highest BCUT2D eigenvalue weighted by molar-refractivity contribution is 6.07. The normalized spacial score (nSPS) is 20.1. The average Bonchev–Trinajstić information content (AvgIpc) is 3.24. The lowest BCUT2D eigenvalue weighted by Crippen LogP contribution is -2.44. The average molecular weight is 547 g/mol. The van der Waals surface area contributed by atoms with Crippen molar-refractivity contribution in [2.45, 2.75) is 84.1 Å². The van der Waals surface area contributed by atoms with E-state index in [9.17, 15) is 19.2 Å². The lowest BCUT2D eigenvalue weighted by molar-refractivity contribution is -0.133. The highest BCUT2D eigenvalue weighted by Crippen LogP contribution is 2.34. The first-order valence-corrected chi connectivity index (χ1v) is 14.2. The van der Waals surface area contributed by atoms with E-state index >= 15 is 0 Å². The Morgan fingerprint density at radius 1 is 0.950 bits per heavy atom. The summed E-state index contributed by atoms with van der Waals surface area (Å²) >= 11 is 0. The van der Waals surface area contributed by atoms with Crippen LogP contribution in [0.1, 0.15) is 79.9 Å². The maximum atomic E-state index is 13.1. The van der Waals surface area contributed by atoms with Crippen molar-refractivity contribution >= 4 is 23.6 Å². The van der Waals surface area contributed by atoms with Gasteiger partial charge in [-0.15, -0.1) is 0 Å². The molecule has 0 N–H and O–H groups in total. The van der Waals surface area contributed by atoms with E-state index in [0.29, 0.717) is 43.2 Å². The van der Waals surface area contributed by atoms with Crippen LogP contribution >= 0.6 is 0 Å². The number of hydrogen-bond acceptors (Lipinski definition) is 6. The molecule has 1 saturated heterocycles. The van der Waals surface area contributed by atoms with E-state index in [1.54, 1.807) is 17.0 Å². The summed E-state index contributed by atoms with van der Waals surface area (Å²) in [6.45, 7) is 7.80. The molecule has 40 heavy (non-hydrogen) atoms. The number of ketones is 2. The zero-order valence-corrected chi connectivity index (χ0v) is 23.6. The van der Waals surface area contributed by atoms with E-state index in [4.69, 9.17) is 9.47 Å². The van der Waals surface area contributed by atoms with Crippen LogP contribution in [0.2, 0.25) is 0 Å². The van der Waals surface area contributed by atoms with E-state index in [1.807, 2.05) is 31.7 Å². The SMILES string of the molecule is CC(C)(C)OC(=O)N1CCC(Cc2ccc(COc3cccc4c3CN(C3CCC(=O)CC3=O)C4=O)cc2)CC1. The highest BCUT2D eigenvalue weighted by Gasteiger charge is 2.40. The summed E-state index contributed by atoms with van der Waals surface area (Å²) in [6, 6.07) is 13.3. The minimum atomic E-state index is -0.539. The summed E-state index contributed by atoms with van der Waals surface area (Å²) in [7, 11) is 0. The van der Waals surface area contributed by atoms with Gasteiger partial charge in [-0.25, -0.2) is 4.79 Å². The van der Waals surface area contributed by atoms with E-state index in [-0.39, 0.29) is 30.0 Å². The fourth-order valence-corrected chi connectivity index (χ4v) is 5.81. The summed E-state index contributed by atoms with van der Waals surface area (Å²) < 4.78 is 11.7. The number of nitrogens with zero attached hydrogens (tertiary/aromatic N) is 2. The summed E-state index contributed by atoms with van der Waals surface area (Å²) in [5.41, 5.74) is 3.18. The number of fused-ring (bicyclic) bond motifs is 1. The molecular formula is C32H38N2O6. The van der Waals surface area contributed by atoms with Crippen molar-refractivity contribution in [1.82, 2.24) is 9.80 Å². The van der Waals surface area contributed by atoms with Crippen LogP contribution in [0.25, 0.3) is 0 Å². The summed E-state index contributed by atoms with van der Waals surface area (Å²) in [4.78, 5) is 52.9. The van der Waals surface area contributed by atoms with Gasteiger partial charge in [0.1, 0.15) is 23.7 Å². The molecule has 1 saturated carbocycles. The van der Waals surface area contributed by atoms with Gasteiger partial charge in [-0.05, 0) is 75.6 Å². The summed E-state index contributed by atoms with van der Waals surface area (Å²) in [6.07, 6.45) is 3.30. The molecule has 2 fully saturated rings. The Bertz CT molecular complexity index is 1290. The van der Waals surface area contributed by atoms with Crippen LogP contribution in [0.4, 0.5) is 4.79 Å². The maximum absolute atomic E-state index is 13.1. The molecule has 1 unspecified atom stereocenters. The molecule has 0 bridgehead atoms. The van der Waals surface area contributed by atoms with Gasteiger partial charge in [0.05, 0.1) is 19.0 Å². The van der Waals surface area contributed by atoms with Gasteiger partial charge >= 0.3 is 6.09 Å². The lowest BCUT2D eigenvalue weighted by atomic mass is 9.90. The Labute approximate surface area is 235 Å². The number of carbonyl (C=O) groups is 4. The van der Waals surface area contributed by atoms with Crippen LogP contribution in [-0.4, -0.2) is 58.1 Å². The molecule has 1 aliphatic carbocycles. The Balaban J connectivity index is 1.13. The van der Waals surface area contributed by atoms with E-state index in [2.05, 4.69) is 24.3 Å². The predicted molar refractivity (Wildman–Crippen MR) is 149 cm³/mol. The fraction of sp³-hybridized carbons (Fsp3) is 0.500. The van der Waals surface area contributed by atoms with Gasteiger partial charge in [-0.3, -0.25) is 14.4 Å². The molecule has 2 aromatic rings. The number of hydrogen-bond donors (Lipinski definition) is 0. The molecule has 5 rings (SSSR count). The molecule has 3 aliphatic rings. The molecule has 0 radical (unpaired) electrons. The number of likely N-dealkylation sites (tertiary alicyclic amines) is 1. The number of benzene rings is 2. The second kappa shape index (κ2) is 11.4. The first-order valence-electron chi connectivity index (χ1n) is 14.2. The topological polar surface area (TPSA) is 93.2 Å². The summed E-state index contributed by atoms with van der Waals surface area (Å²) in [5, 5.41) is 0. The van der Waals surface area contributed by atoms with Gasteiger partial charge in [0.25, 0.3) is 5.91 Å². The van der Waals surface area contributed by atoms with Crippen molar-refractivity contribution < 1.29 is 28.7 Å². The van der Waals surface area contributed by atoms with Crippen LogP contribution in [0.3, 0.4) is 0 Å². The smallest absolute Gasteiger partial charge is 0.410 e. The molecule has 2 aliphatic heterocycles. The molecule has 2 aromatic carbocycles.